The summed E-state index contributed by atoms with van der Waals surface area (Å²) in [6.07, 6.45) is 2.82. The lowest BCUT2D eigenvalue weighted by atomic mass is 9.92. The van der Waals surface area contributed by atoms with Crippen molar-refractivity contribution in [1.82, 2.24) is 4.90 Å². The van der Waals surface area contributed by atoms with Crippen molar-refractivity contribution in [2.45, 2.75) is 46.1 Å². The number of carbonyl (C=O) groups excluding carboxylic acids is 1. The van der Waals surface area contributed by atoms with Gasteiger partial charge in [0.2, 0.25) is 0 Å². The Balaban J connectivity index is 2.11. The molecular formula is C15H23NO2S. The van der Waals surface area contributed by atoms with E-state index < -0.39 is 0 Å². The number of carbonyl (C=O) groups is 1. The van der Waals surface area contributed by atoms with Crippen LogP contribution in [0.5, 0.6) is 0 Å². The number of hydrogen-bond donors (Lipinski definition) is 1. The molecule has 4 heteroatoms. The first-order valence-corrected chi connectivity index (χ1v) is 7.89. The second kappa shape index (κ2) is 6.06. The fourth-order valence-electron chi connectivity index (χ4n) is 2.85. The van der Waals surface area contributed by atoms with E-state index >= 15 is 0 Å². The molecule has 0 spiro atoms. The molecule has 19 heavy (non-hydrogen) atoms. The maximum atomic E-state index is 12.6. The molecule has 2 heterocycles. The maximum absolute atomic E-state index is 12.6. The molecule has 1 aliphatic rings. The molecule has 0 unspecified atom stereocenters. The van der Waals surface area contributed by atoms with Crippen LogP contribution in [-0.4, -0.2) is 35.1 Å². The Morgan fingerprint density at radius 3 is 2.84 bits per heavy atom. The predicted molar refractivity (Wildman–Crippen MR) is 78.7 cm³/mol. The molecular weight excluding hydrogens is 258 g/mol. The zero-order valence-electron chi connectivity index (χ0n) is 12.0. The summed E-state index contributed by atoms with van der Waals surface area (Å²) in [7, 11) is 0. The monoisotopic (exact) mass is 281 g/mol. The van der Waals surface area contributed by atoms with Gasteiger partial charge >= 0.3 is 0 Å². The number of piperidine rings is 1. The van der Waals surface area contributed by atoms with Gasteiger partial charge in [-0.25, -0.2) is 0 Å². The Kier molecular flexibility index (Phi) is 4.63. The van der Waals surface area contributed by atoms with Crippen molar-refractivity contribution in [2.24, 2.45) is 5.92 Å². The average molecular weight is 281 g/mol. The number of aryl methyl sites for hydroxylation is 2. The fraction of sp³-hybridized carbons (Fsp3) is 0.667. The van der Waals surface area contributed by atoms with Gasteiger partial charge < -0.3 is 10.0 Å². The molecule has 1 aromatic rings. The number of nitrogens with zero attached hydrogens (tertiary/aromatic N) is 1. The zero-order chi connectivity index (χ0) is 14.0. The molecule has 0 aliphatic carbocycles. The molecule has 3 nitrogen and oxygen atoms in total. The van der Waals surface area contributed by atoms with E-state index in [0.717, 1.165) is 30.7 Å². The van der Waals surface area contributed by atoms with Crippen LogP contribution >= 0.6 is 11.3 Å². The molecule has 1 aromatic heterocycles. The van der Waals surface area contributed by atoms with Crippen molar-refractivity contribution in [2.75, 3.05) is 13.2 Å². The lowest BCUT2D eigenvalue weighted by Crippen LogP contribution is -2.45. The van der Waals surface area contributed by atoms with E-state index in [1.165, 1.54) is 10.4 Å². The van der Waals surface area contributed by atoms with Crippen LogP contribution in [-0.2, 0) is 6.42 Å². The van der Waals surface area contributed by atoms with E-state index in [2.05, 4.69) is 20.8 Å². The van der Waals surface area contributed by atoms with Gasteiger partial charge in [0.15, 0.2) is 0 Å². The summed E-state index contributed by atoms with van der Waals surface area (Å²) in [5, 5.41) is 9.22. The number of rotatable bonds is 3. The van der Waals surface area contributed by atoms with Crippen molar-refractivity contribution in [3.63, 3.8) is 0 Å². The Morgan fingerprint density at radius 2 is 2.32 bits per heavy atom. The molecule has 1 amide bonds. The van der Waals surface area contributed by atoms with Gasteiger partial charge in [-0.05, 0) is 50.7 Å². The van der Waals surface area contributed by atoms with E-state index in [4.69, 9.17) is 0 Å². The van der Waals surface area contributed by atoms with E-state index in [0.29, 0.717) is 5.92 Å². The normalized spacial score (nSPS) is 23.7. The van der Waals surface area contributed by atoms with Gasteiger partial charge in [0.05, 0.1) is 4.88 Å². The SMILES string of the molecule is CCc1sc(C(=O)N2CC[C@H](CO)C[C@@H]2C)cc1C. The van der Waals surface area contributed by atoms with Crippen molar-refractivity contribution in [1.29, 1.82) is 0 Å². The molecule has 1 saturated heterocycles. The number of amides is 1. The molecule has 106 valence electrons. The van der Waals surface area contributed by atoms with Crippen LogP contribution in [0, 0.1) is 12.8 Å². The second-order valence-corrected chi connectivity index (χ2v) is 6.63. The molecule has 2 atom stereocenters. The summed E-state index contributed by atoms with van der Waals surface area (Å²) >= 11 is 1.63. The molecule has 0 bridgehead atoms. The quantitative estimate of drug-likeness (QED) is 0.925. The first kappa shape index (κ1) is 14.5. The third-order valence-corrected chi connectivity index (χ3v) is 5.43. The van der Waals surface area contributed by atoms with Gasteiger partial charge in [-0.3, -0.25) is 4.79 Å². The second-order valence-electron chi connectivity index (χ2n) is 5.49. The highest BCUT2D eigenvalue weighted by Gasteiger charge is 2.29. The Labute approximate surface area is 119 Å². The van der Waals surface area contributed by atoms with Crippen LogP contribution in [0.3, 0.4) is 0 Å². The summed E-state index contributed by atoms with van der Waals surface area (Å²) in [6.45, 7) is 7.30. The summed E-state index contributed by atoms with van der Waals surface area (Å²) in [5.74, 6) is 0.520. The Hall–Kier alpha value is -0.870. The largest absolute Gasteiger partial charge is 0.396 e. The number of likely N-dealkylation sites (tertiary alicyclic amines) is 1. The molecule has 1 fully saturated rings. The maximum Gasteiger partial charge on any atom is 0.264 e. The van der Waals surface area contributed by atoms with E-state index in [1.54, 1.807) is 11.3 Å². The van der Waals surface area contributed by atoms with Crippen molar-refractivity contribution < 1.29 is 9.90 Å². The third kappa shape index (κ3) is 3.00. The summed E-state index contributed by atoms with van der Waals surface area (Å²) in [5.41, 5.74) is 1.23. The third-order valence-electron chi connectivity index (χ3n) is 4.06. The molecule has 1 N–H and O–H groups in total. The van der Waals surface area contributed by atoms with Crippen LogP contribution in [0.1, 0.15) is 46.8 Å². The molecule has 0 aromatic carbocycles. The van der Waals surface area contributed by atoms with Gasteiger partial charge in [-0.2, -0.15) is 0 Å². The first-order chi connectivity index (χ1) is 9.06. The van der Waals surface area contributed by atoms with Crippen LogP contribution < -0.4 is 0 Å². The van der Waals surface area contributed by atoms with Gasteiger partial charge in [0, 0.05) is 24.1 Å². The van der Waals surface area contributed by atoms with Crippen molar-refractivity contribution in [3.8, 4) is 0 Å². The van der Waals surface area contributed by atoms with Crippen molar-refractivity contribution in [3.05, 3.63) is 21.4 Å². The van der Waals surface area contributed by atoms with Gasteiger partial charge in [0.25, 0.3) is 5.91 Å². The minimum Gasteiger partial charge on any atom is -0.396 e. The highest BCUT2D eigenvalue weighted by atomic mass is 32.1. The first-order valence-electron chi connectivity index (χ1n) is 7.07. The minimum absolute atomic E-state index is 0.164. The summed E-state index contributed by atoms with van der Waals surface area (Å²) in [4.78, 5) is 16.7. The van der Waals surface area contributed by atoms with Gasteiger partial charge in [-0.1, -0.05) is 6.92 Å². The molecule has 0 saturated carbocycles. The summed E-state index contributed by atoms with van der Waals surface area (Å²) in [6, 6.07) is 2.25. The highest BCUT2D eigenvalue weighted by Crippen LogP contribution is 2.28. The predicted octanol–water partition coefficient (Wildman–Crippen LogP) is 2.85. The Morgan fingerprint density at radius 1 is 1.58 bits per heavy atom. The fourth-order valence-corrected chi connectivity index (χ4v) is 3.92. The topological polar surface area (TPSA) is 40.5 Å². The van der Waals surface area contributed by atoms with Crippen LogP contribution in [0.15, 0.2) is 6.07 Å². The van der Waals surface area contributed by atoms with Crippen molar-refractivity contribution >= 4 is 17.2 Å². The smallest absolute Gasteiger partial charge is 0.264 e. The standard InChI is InChI=1S/C15H23NO2S/c1-4-13-10(2)7-14(19-13)15(18)16-6-5-12(9-17)8-11(16)3/h7,11-12,17H,4-6,8-9H2,1-3H3/t11-,12-/m0/s1. The van der Waals surface area contributed by atoms with Crippen LogP contribution in [0.2, 0.25) is 0 Å². The van der Waals surface area contributed by atoms with Crippen LogP contribution in [0.25, 0.3) is 0 Å². The Bertz CT molecular complexity index is 455. The zero-order valence-corrected chi connectivity index (χ0v) is 12.8. The minimum atomic E-state index is 0.164. The number of hydrogen-bond acceptors (Lipinski definition) is 3. The lowest BCUT2D eigenvalue weighted by Gasteiger charge is -2.36. The lowest BCUT2D eigenvalue weighted by molar-refractivity contribution is 0.0520. The van der Waals surface area contributed by atoms with Gasteiger partial charge in [-0.15, -0.1) is 11.3 Å². The van der Waals surface area contributed by atoms with Crippen LogP contribution in [0.4, 0.5) is 0 Å². The molecule has 2 rings (SSSR count). The number of aliphatic hydroxyl groups is 1. The molecule has 1 aliphatic heterocycles. The molecule has 0 radical (unpaired) electrons. The summed E-state index contributed by atoms with van der Waals surface area (Å²) < 4.78 is 0. The van der Waals surface area contributed by atoms with E-state index in [-0.39, 0.29) is 18.6 Å². The number of aliphatic hydroxyl groups excluding tert-OH is 1. The average Bonchev–Trinajstić information content (AvgIpc) is 2.79. The highest BCUT2D eigenvalue weighted by molar-refractivity contribution is 7.14. The van der Waals surface area contributed by atoms with E-state index in [1.807, 2.05) is 11.0 Å². The number of thiophene rings is 1. The van der Waals surface area contributed by atoms with E-state index in [9.17, 15) is 9.90 Å². The van der Waals surface area contributed by atoms with Gasteiger partial charge in [0.1, 0.15) is 0 Å².